The van der Waals surface area contributed by atoms with E-state index >= 15 is 0 Å². The minimum absolute atomic E-state index is 0.0163. The average molecular weight is 455 g/mol. The van der Waals surface area contributed by atoms with Crippen molar-refractivity contribution < 1.29 is 9.53 Å². The SMILES string of the molecule is CCSN1CCC(CNC(=O)c2cc(C)ccc2Br)(CC2CCCO2)CC1. The highest BCUT2D eigenvalue weighted by Crippen LogP contribution is 2.39. The summed E-state index contributed by atoms with van der Waals surface area (Å²) in [6.07, 6.45) is 5.99. The van der Waals surface area contributed by atoms with Gasteiger partial charge in [-0.15, -0.1) is 0 Å². The molecule has 4 nitrogen and oxygen atoms in total. The largest absolute Gasteiger partial charge is 0.378 e. The molecule has 1 aromatic rings. The van der Waals surface area contributed by atoms with Crippen LogP contribution in [0.1, 0.15) is 54.9 Å². The number of aryl methyl sites for hydroxylation is 1. The lowest BCUT2D eigenvalue weighted by Crippen LogP contribution is -2.46. The quantitative estimate of drug-likeness (QED) is 0.600. The molecule has 2 fully saturated rings. The number of amides is 1. The minimum atomic E-state index is 0.0163. The van der Waals surface area contributed by atoms with Crippen LogP contribution in [0.3, 0.4) is 0 Å². The molecular weight excluding hydrogens is 424 g/mol. The first-order chi connectivity index (χ1) is 13.0. The molecule has 0 bridgehead atoms. The van der Waals surface area contributed by atoms with Gasteiger partial charge in [-0.1, -0.05) is 30.5 Å². The van der Waals surface area contributed by atoms with Crippen LogP contribution < -0.4 is 5.32 Å². The van der Waals surface area contributed by atoms with Crippen molar-refractivity contribution in [1.82, 2.24) is 9.62 Å². The summed E-state index contributed by atoms with van der Waals surface area (Å²) in [5, 5.41) is 3.25. The summed E-state index contributed by atoms with van der Waals surface area (Å²) in [7, 11) is 0. The zero-order valence-corrected chi connectivity index (χ0v) is 18.8. The number of benzene rings is 1. The minimum Gasteiger partial charge on any atom is -0.378 e. The van der Waals surface area contributed by atoms with Crippen LogP contribution in [-0.4, -0.2) is 48.3 Å². The van der Waals surface area contributed by atoms with E-state index in [1.165, 1.54) is 6.42 Å². The molecule has 1 aromatic carbocycles. The molecule has 1 unspecified atom stereocenters. The van der Waals surface area contributed by atoms with Crippen LogP contribution >= 0.6 is 27.9 Å². The number of nitrogens with zero attached hydrogens (tertiary/aromatic N) is 1. The number of rotatable bonds is 7. The van der Waals surface area contributed by atoms with E-state index in [-0.39, 0.29) is 11.3 Å². The standard InChI is InChI=1S/C21H31BrN2O2S/c1-3-27-24-10-8-21(9-11-24,14-17-5-4-12-26-17)15-23-20(25)18-13-16(2)6-7-19(18)22/h6-7,13,17H,3-5,8-12,14-15H2,1-2H3,(H,23,25). The molecular formula is C21H31BrN2O2S. The molecule has 1 N–H and O–H groups in total. The molecule has 0 aromatic heterocycles. The third kappa shape index (κ3) is 5.72. The van der Waals surface area contributed by atoms with Gasteiger partial charge in [-0.3, -0.25) is 9.10 Å². The molecule has 150 valence electrons. The van der Waals surface area contributed by atoms with E-state index in [4.69, 9.17) is 4.74 Å². The molecule has 3 rings (SSSR count). The number of nitrogens with one attached hydrogen (secondary N) is 1. The first kappa shape index (κ1) is 21.2. The Balaban J connectivity index is 1.66. The summed E-state index contributed by atoms with van der Waals surface area (Å²) in [4.78, 5) is 12.8. The Bertz CT molecular complexity index is 641. The van der Waals surface area contributed by atoms with Crippen LogP contribution in [-0.2, 0) is 4.74 Å². The maximum Gasteiger partial charge on any atom is 0.252 e. The van der Waals surface area contributed by atoms with Gasteiger partial charge in [0.2, 0.25) is 0 Å². The number of halogens is 1. The van der Waals surface area contributed by atoms with E-state index < -0.39 is 0 Å². The van der Waals surface area contributed by atoms with E-state index in [1.807, 2.05) is 37.1 Å². The predicted molar refractivity (Wildman–Crippen MR) is 116 cm³/mol. The van der Waals surface area contributed by atoms with Crippen LogP contribution in [0.25, 0.3) is 0 Å². The Morgan fingerprint density at radius 3 is 2.85 bits per heavy atom. The van der Waals surface area contributed by atoms with Gasteiger partial charge >= 0.3 is 0 Å². The molecule has 0 saturated carbocycles. The fourth-order valence-corrected chi connectivity index (χ4v) is 5.42. The van der Waals surface area contributed by atoms with Gasteiger partial charge in [-0.2, -0.15) is 0 Å². The molecule has 2 saturated heterocycles. The van der Waals surface area contributed by atoms with Gasteiger partial charge in [0.25, 0.3) is 5.91 Å². The lowest BCUT2D eigenvalue weighted by molar-refractivity contribution is 0.0372. The summed E-state index contributed by atoms with van der Waals surface area (Å²) in [6, 6.07) is 5.92. The van der Waals surface area contributed by atoms with Gasteiger partial charge in [-0.05, 0) is 72.5 Å². The number of piperidine rings is 1. The number of carbonyl (C=O) groups excluding carboxylic acids is 1. The maximum atomic E-state index is 12.8. The van der Waals surface area contributed by atoms with Crippen molar-refractivity contribution in [2.45, 2.75) is 52.1 Å². The zero-order chi connectivity index (χ0) is 19.3. The van der Waals surface area contributed by atoms with E-state index in [0.29, 0.717) is 6.10 Å². The molecule has 2 aliphatic rings. The highest BCUT2D eigenvalue weighted by Gasteiger charge is 2.38. The summed E-state index contributed by atoms with van der Waals surface area (Å²) in [5.74, 6) is 1.14. The van der Waals surface area contributed by atoms with E-state index in [1.54, 1.807) is 0 Å². The number of hydrogen-bond acceptors (Lipinski definition) is 4. The highest BCUT2D eigenvalue weighted by atomic mass is 79.9. The van der Waals surface area contributed by atoms with Crippen molar-refractivity contribution in [3.63, 3.8) is 0 Å². The van der Waals surface area contributed by atoms with E-state index in [9.17, 15) is 4.79 Å². The summed E-state index contributed by atoms with van der Waals surface area (Å²) in [6.45, 7) is 8.03. The molecule has 0 aliphatic carbocycles. The Morgan fingerprint density at radius 2 is 2.19 bits per heavy atom. The fraction of sp³-hybridized carbons (Fsp3) is 0.667. The number of carbonyl (C=O) groups is 1. The van der Waals surface area contributed by atoms with Crippen molar-refractivity contribution in [2.24, 2.45) is 5.41 Å². The maximum absolute atomic E-state index is 12.8. The molecule has 1 amide bonds. The Labute approximate surface area is 176 Å². The van der Waals surface area contributed by atoms with Gasteiger partial charge in [0.05, 0.1) is 11.7 Å². The highest BCUT2D eigenvalue weighted by molar-refractivity contribution is 9.10. The first-order valence-electron chi connectivity index (χ1n) is 10.1. The second kappa shape index (κ2) is 9.77. The Morgan fingerprint density at radius 1 is 1.41 bits per heavy atom. The van der Waals surface area contributed by atoms with Gasteiger partial charge in [0.15, 0.2) is 0 Å². The third-order valence-corrected chi connectivity index (χ3v) is 7.45. The second-order valence-electron chi connectivity index (χ2n) is 7.85. The first-order valence-corrected chi connectivity index (χ1v) is 11.8. The molecule has 2 heterocycles. The van der Waals surface area contributed by atoms with E-state index in [2.05, 4.69) is 32.5 Å². The van der Waals surface area contributed by atoms with Crippen molar-refractivity contribution in [3.05, 3.63) is 33.8 Å². The topological polar surface area (TPSA) is 41.6 Å². The van der Waals surface area contributed by atoms with Crippen molar-refractivity contribution in [2.75, 3.05) is 32.0 Å². The van der Waals surface area contributed by atoms with Gasteiger partial charge < -0.3 is 10.1 Å². The van der Waals surface area contributed by atoms with Crippen LogP contribution in [0.15, 0.2) is 22.7 Å². The average Bonchev–Trinajstić information content (AvgIpc) is 3.17. The molecule has 6 heteroatoms. The van der Waals surface area contributed by atoms with Crippen LogP contribution in [0.2, 0.25) is 0 Å². The molecule has 0 radical (unpaired) electrons. The zero-order valence-electron chi connectivity index (χ0n) is 16.4. The van der Waals surface area contributed by atoms with Crippen LogP contribution in [0, 0.1) is 12.3 Å². The van der Waals surface area contributed by atoms with Crippen LogP contribution in [0.5, 0.6) is 0 Å². The molecule has 1 atom stereocenters. The second-order valence-corrected chi connectivity index (χ2v) is 10.1. The monoisotopic (exact) mass is 454 g/mol. The molecule has 0 spiro atoms. The van der Waals surface area contributed by atoms with Gasteiger partial charge in [-0.25, -0.2) is 0 Å². The number of ether oxygens (including phenoxy) is 1. The fourth-order valence-electron chi connectivity index (χ4n) is 4.19. The third-order valence-electron chi connectivity index (χ3n) is 5.77. The van der Waals surface area contributed by atoms with Gasteiger partial charge in [0, 0.05) is 36.5 Å². The summed E-state index contributed by atoms with van der Waals surface area (Å²) in [5.41, 5.74) is 1.97. The smallest absolute Gasteiger partial charge is 0.252 e. The summed E-state index contributed by atoms with van der Waals surface area (Å²) >= 11 is 5.45. The van der Waals surface area contributed by atoms with Crippen molar-refractivity contribution in [1.29, 1.82) is 0 Å². The van der Waals surface area contributed by atoms with Crippen molar-refractivity contribution >= 4 is 33.8 Å². The van der Waals surface area contributed by atoms with Crippen molar-refractivity contribution in [3.8, 4) is 0 Å². The Hall–Kier alpha value is -0.560. The van der Waals surface area contributed by atoms with Gasteiger partial charge in [0.1, 0.15) is 0 Å². The molecule has 27 heavy (non-hydrogen) atoms. The lowest BCUT2D eigenvalue weighted by Gasteiger charge is -2.42. The summed E-state index contributed by atoms with van der Waals surface area (Å²) < 4.78 is 9.28. The number of hydrogen-bond donors (Lipinski definition) is 1. The lowest BCUT2D eigenvalue weighted by atomic mass is 9.74. The van der Waals surface area contributed by atoms with E-state index in [0.717, 1.165) is 73.3 Å². The normalized spacial score (nSPS) is 22.7. The molecule has 2 aliphatic heterocycles. The Kier molecular flexibility index (Phi) is 7.65. The predicted octanol–water partition coefficient (Wildman–Crippen LogP) is 4.81. The van der Waals surface area contributed by atoms with Crippen LogP contribution in [0.4, 0.5) is 0 Å².